The molecule has 0 bridgehead atoms. The van der Waals surface area contributed by atoms with E-state index >= 15 is 0 Å². The monoisotopic (exact) mass is 277 g/mol. The van der Waals surface area contributed by atoms with Crippen LogP contribution in [0.2, 0.25) is 0 Å². The molecule has 2 rings (SSSR count). The summed E-state index contributed by atoms with van der Waals surface area (Å²) in [7, 11) is 2.02. The summed E-state index contributed by atoms with van der Waals surface area (Å²) in [5, 5.41) is 3.32. The van der Waals surface area contributed by atoms with Crippen molar-refractivity contribution < 1.29 is 4.39 Å². The first-order chi connectivity index (χ1) is 9.65. The largest absolute Gasteiger partial charge is 0.319 e. The summed E-state index contributed by atoms with van der Waals surface area (Å²) in [6, 6.07) is 5.29. The molecule has 0 saturated heterocycles. The molecular weight excluding hydrogens is 249 g/mol. The molecule has 0 aromatic heterocycles. The van der Waals surface area contributed by atoms with Crippen LogP contribution in [0.1, 0.15) is 56.1 Å². The van der Waals surface area contributed by atoms with Gasteiger partial charge in [0.15, 0.2) is 0 Å². The van der Waals surface area contributed by atoms with Crippen LogP contribution in [0.15, 0.2) is 18.2 Å². The molecule has 3 atom stereocenters. The second kappa shape index (κ2) is 7.21. The maximum Gasteiger partial charge on any atom is 0.123 e. The number of halogens is 1. The van der Waals surface area contributed by atoms with Crippen LogP contribution in [0.25, 0.3) is 0 Å². The van der Waals surface area contributed by atoms with Gasteiger partial charge in [-0.1, -0.05) is 32.3 Å². The Morgan fingerprint density at radius 3 is 2.80 bits per heavy atom. The summed E-state index contributed by atoms with van der Waals surface area (Å²) in [6.07, 6.45) is 6.41. The highest BCUT2D eigenvalue weighted by Gasteiger charge is 2.31. The molecule has 1 nitrogen and oxygen atoms in total. The Kier molecular flexibility index (Phi) is 5.59. The Bertz CT molecular complexity index is 429. The number of nitrogens with one attached hydrogen (secondary N) is 1. The fourth-order valence-corrected chi connectivity index (χ4v) is 3.89. The minimum Gasteiger partial charge on any atom is -0.319 e. The highest BCUT2D eigenvalue weighted by atomic mass is 19.1. The fraction of sp³-hybridized carbons (Fsp3) is 0.667. The van der Waals surface area contributed by atoms with Crippen molar-refractivity contribution >= 4 is 0 Å². The standard InChI is InChI=1S/C18H28FN/c1-4-5-14-7-8-15(12-20-3)18(10-14)17-11-16(19)9-6-13(17)2/h6,9,11,14-15,18,20H,4-5,7-8,10,12H2,1-3H3. The molecule has 0 radical (unpaired) electrons. The van der Waals surface area contributed by atoms with Crippen molar-refractivity contribution in [3.05, 3.63) is 35.1 Å². The van der Waals surface area contributed by atoms with Crippen molar-refractivity contribution in [2.75, 3.05) is 13.6 Å². The lowest BCUT2D eigenvalue weighted by atomic mass is 9.69. The van der Waals surface area contributed by atoms with Gasteiger partial charge in [-0.25, -0.2) is 4.39 Å². The third-order valence-electron chi connectivity index (χ3n) is 4.91. The third kappa shape index (κ3) is 3.60. The van der Waals surface area contributed by atoms with Gasteiger partial charge in [0.05, 0.1) is 0 Å². The molecule has 3 unspecified atom stereocenters. The molecule has 2 heteroatoms. The molecule has 1 aromatic rings. The number of hydrogen-bond acceptors (Lipinski definition) is 1. The summed E-state index contributed by atoms with van der Waals surface area (Å²) in [6.45, 7) is 5.43. The van der Waals surface area contributed by atoms with Crippen LogP contribution in [0.3, 0.4) is 0 Å². The highest BCUT2D eigenvalue weighted by molar-refractivity contribution is 5.31. The topological polar surface area (TPSA) is 12.0 Å². The van der Waals surface area contributed by atoms with Gasteiger partial charge in [-0.2, -0.15) is 0 Å². The first-order valence-electron chi connectivity index (χ1n) is 8.06. The van der Waals surface area contributed by atoms with Crippen molar-refractivity contribution in [1.29, 1.82) is 0 Å². The molecule has 0 amide bonds. The van der Waals surface area contributed by atoms with E-state index in [1.54, 1.807) is 12.1 Å². The van der Waals surface area contributed by atoms with Crippen molar-refractivity contribution in [2.45, 2.75) is 51.9 Å². The maximum absolute atomic E-state index is 13.6. The highest BCUT2D eigenvalue weighted by Crippen LogP contribution is 2.43. The lowest BCUT2D eigenvalue weighted by Crippen LogP contribution is -2.31. The van der Waals surface area contributed by atoms with E-state index in [-0.39, 0.29) is 5.82 Å². The number of benzene rings is 1. The third-order valence-corrected chi connectivity index (χ3v) is 4.91. The van der Waals surface area contributed by atoms with Gasteiger partial charge in [0.1, 0.15) is 5.82 Å². The van der Waals surface area contributed by atoms with Gasteiger partial charge in [0.2, 0.25) is 0 Å². The van der Waals surface area contributed by atoms with E-state index in [1.807, 2.05) is 13.1 Å². The summed E-state index contributed by atoms with van der Waals surface area (Å²) in [5.74, 6) is 1.89. The van der Waals surface area contributed by atoms with Gasteiger partial charge in [0.25, 0.3) is 0 Å². The first kappa shape index (κ1) is 15.5. The zero-order valence-corrected chi connectivity index (χ0v) is 13.1. The SMILES string of the molecule is CCCC1CCC(CNC)C(c2cc(F)ccc2C)C1. The van der Waals surface area contributed by atoms with Crippen LogP contribution in [-0.2, 0) is 0 Å². The smallest absolute Gasteiger partial charge is 0.123 e. The minimum absolute atomic E-state index is 0.0913. The molecule has 1 aromatic carbocycles. The number of aryl methyl sites for hydroxylation is 1. The first-order valence-corrected chi connectivity index (χ1v) is 8.06. The number of hydrogen-bond donors (Lipinski definition) is 1. The predicted octanol–water partition coefficient (Wildman–Crippen LogP) is 4.65. The fourth-order valence-electron chi connectivity index (χ4n) is 3.89. The van der Waals surface area contributed by atoms with E-state index in [2.05, 4.69) is 19.2 Å². The van der Waals surface area contributed by atoms with E-state index in [9.17, 15) is 4.39 Å². The average Bonchev–Trinajstić information content (AvgIpc) is 2.44. The zero-order chi connectivity index (χ0) is 14.5. The summed E-state index contributed by atoms with van der Waals surface area (Å²) in [5.41, 5.74) is 2.49. The van der Waals surface area contributed by atoms with Crippen LogP contribution >= 0.6 is 0 Å². The molecule has 1 saturated carbocycles. The summed E-state index contributed by atoms with van der Waals surface area (Å²) >= 11 is 0. The normalized spacial score (nSPS) is 26.7. The van der Waals surface area contributed by atoms with Gasteiger partial charge < -0.3 is 5.32 Å². The van der Waals surface area contributed by atoms with E-state index < -0.39 is 0 Å². The molecule has 1 fully saturated rings. The van der Waals surface area contributed by atoms with Crippen LogP contribution < -0.4 is 5.32 Å². The van der Waals surface area contributed by atoms with Crippen molar-refractivity contribution in [3.63, 3.8) is 0 Å². The zero-order valence-electron chi connectivity index (χ0n) is 13.1. The van der Waals surface area contributed by atoms with E-state index in [1.165, 1.54) is 43.2 Å². The lowest BCUT2D eigenvalue weighted by Gasteiger charge is -2.37. The molecule has 0 aliphatic heterocycles. The van der Waals surface area contributed by atoms with Gasteiger partial charge in [0, 0.05) is 0 Å². The molecule has 1 aliphatic carbocycles. The summed E-state index contributed by atoms with van der Waals surface area (Å²) < 4.78 is 13.6. The van der Waals surface area contributed by atoms with Gasteiger partial charge in [-0.3, -0.25) is 0 Å². The molecule has 20 heavy (non-hydrogen) atoms. The van der Waals surface area contributed by atoms with Gasteiger partial charge in [-0.15, -0.1) is 0 Å². The maximum atomic E-state index is 13.6. The molecule has 1 N–H and O–H groups in total. The second-order valence-electron chi connectivity index (χ2n) is 6.39. The van der Waals surface area contributed by atoms with Crippen LogP contribution in [0.4, 0.5) is 4.39 Å². The van der Waals surface area contributed by atoms with Gasteiger partial charge in [-0.05, 0) is 74.4 Å². The van der Waals surface area contributed by atoms with Crippen molar-refractivity contribution in [2.24, 2.45) is 11.8 Å². The van der Waals surface area contributed by atoms with Crippen LogP contribution in [0.5, 0.6) is 0 Å². The quantitative estimate of drug-likeness (QED) is 0.826. The Labute approximate surface area is 123 Å². The Morgan fingerprint density at radius 1 is 1.30 bits per heavy atom. The average molecular weight is 277 g/mol. The molecular formula is C18H28FN. The molecule has 112 valence electrons. The summed E-state index contributed by atoms with van der Waals surface area (Å²) in [4.78, 5) is 0. The van der Waals surface area contributed by atoms with Crippen molar-refractivity contribution in [3.8, 4) is 0 Å². The second-order valence-corrected chi connectivity index (χ2v) is 6.39. The molecule has 1 aliphatic rings. The van der Waals surface area contributed by atoms with E-state index in [4.69, 9.17) is 0 Å². The lowest BCUT2D eigenvalue weighted by molar-refractivity contribution is 0.222. The molecule has 0 heterocycles. The number of rotatable bonds is 5. The van der Waals surface area contributed by atoms with Crippen LogP contribution in [-0.4, -0.2) is 13.6 Å². The Morgan fingerprint density at radius 2 is 2.10 bits per heavy atom. The predicted molar refractivity (Wildman–Crippen MR) is 83.5 cm³/mol. The van der Waals surface area contributed by atoms with Crippen molar-refractivity contribution in [1.82, 2.24) is 5.32 Å². The Balaban J connectivity index is 2.23. The van der Waals surface area contributed by atoms with Gasteiger partial charge >= 0.3 is 0 Å². The molecule has 0 spiro atoms. The van der Waals surface area contributed by atoms with Crippen LogP contribution in [0, 0.1) is 24.6 Å². The minimum atomic E-state index is -0.0913. The van der Waals surface area contributed by atoms with E-state index in [0.29, 0.717) is 11.8 Å². The van der Waals surface area contributed by atoms with E-state index in [0.717, 1.165) is 12.5 Å². The Hall–Kier alpha value is -0.890.